The van der Waals surface area contributed by atoms with E-state index in [0.717, 1.165) is 29.1 Å². The molecule has 4 nitrogen and oxygen atoms in total. The molecule has 0 aromatic carbocycles. The predicted octanol–water partition coefficient (Wildman–Crippen LogP) is 3.84. The Morgan fingerprint density at radius 3 is 2.78 bits per heavy atom. The minimum Gasteiger partial charge on any atom is -0.481 e. The smallest absolute Gasteiger partial charge is 0.303 e. The third-order valence-corrected chi connectivity index (χ3v) is 4.45. The largest absolute Gasteiger partial charge is 0.481 e. The quantitative estimate of drug-likeness (QED) is 0.758. The zero-order valence-corrected chi connectivity index (χ0v) is 13.1. The summed E-state index contributed by atoms with van der Waals surface area (Å²) in [5.41, 5.74) is 0. The Hall–Kier alpha value is -0.620. The number of nitrogens with zero attached hydrogens (tertiary/aromatic N) is 1. The van der Waals surface area contributed by atoms with E-state index in [0.29, 0.717) is 11.8 Å². The van der Waals surface area contributed by atoms with Crippen LogP contribution in [0.2, 0.25) is 0 Å². The van der Waals surface area contributed by atoms with Gasteiger partial charge < -0.3 is 10.4 Å². The maximum absolute atomic E-state index is 10.6. The molecule has 1 unspecified atom stereocenters. The van der Waals surface area contributed by atoms with Crippen LogP contribution in [0.25, 0.3) is 0 Å². The van der Waals surface area contributed by atoms with Crippen LogP contribution in [0.15, 0.2) is 9.98 Å². The molecule has 0 radical (unpaired) electrons. The van der Waals surface area contributed by atoms with Crippen molar-refractivity contribution in [2.24, 2.45) is 11.8 Å². The molecule has 1 aromatic heterocycles. The fourth-order valence-corrected chi connectivity index (χ4v) is 2.99. The molecule has 0 aliphatic carbocycles. The second-order valence-electron chi connectivity index (χ2n) is 4.63. The SMILES string of the molecule is CC(C)C(CCNc1nc(Br)cs1)CCC(=O)O. The second kappa shape index (κ2) is 7.74. The number of halogens is 1. The first kappa shape index (κ1) is 15.4. The molecule has 102 valence electrons. The van der Waals surface area contributed by atoms with Crippen molar-refractivity contribution in [2.45, 2.75) is 33.1 Å². The molecule has 0 aliphatic rings. The number of thiazole rings is 1. The van der Waals surface area contributed by atoms with Gasteiger partial charge in [0, 0.05) is 18.3 Å². The maximum Gasteiger partial charge on any atom is 0.303 e. The highest BCUT2D eigenvalue weighted by atomic mass is 79.9. The van der Waals surface area contributed by atoms with Crippen LogP contribution < -0.4 is 5.32 Å². The van der Waals surface area contributed by atoms with Crippen molar-refractivity contribution in [3.8, 4) is 0 Å². The first-order chi connectivity index (χ1) is 8.49. The van der Waals surface area contributed by atoms with Crippen molar-refractivity contribution in [1.29, 1.82) is 0 Å². The van der Waals surface area contributed by atoms with Crippen molar-refractivity contribution in [1.82, 2.24) is 4.98 Å². The maximum atomic E-state index is 10.6. The van der Waals surface area contributed by atoms with Gasteiger partial charge in [-0.25, -0.2) is 4.98 Å². The van der Waals surface area contributed by atoms with Gasteiger partial charge in [0.1, 0.15) is 4.60 Å². The predicted molar refractivity (Wildman–Crippen MR) is 78.1 cm³/mol. The topological polar surface area (TPSA) is 62.2 Å². The molecule has 0 spiro atoms. The van der Waals surface area contributed by atoms with Gasteiger partial charge in [-0.15, -0.1) is 11.3 Å². The summed E-state index contributed by atoms with van der Waals surface area (Å²) in [6.45, 7) is 5.13. The van der Waals surface area contributed by atoms with Crippen molar-refractivity contribution in [3.63, 3.8) is 0 Å². The second-order valence-corrected chi connectivity index (χ2v) is 6.30. The number of hydrogen-bond donors (Lipinski definition) is 2. The van der Waals surface area contributed by atoms with E-state index in [9.17, 15) is 4.79 Å². The lowest BCUT2D eigenvalue weighted by atomic mass is 9.88. The standard InChI is InChI=1S/C12H19BrN2O2S/c1-8(2)9(3-4-11(16)17)5-6-14-12-15-10(13)7-18-12/h7-9H,3-6H2,1-2H3,(H,14,15)(H,16,17). The molecule has 1 heterocycles. The highest BCUT2D eigenvalue weighted by molar-refractivity contribution is 9.10. The fourth-order valence-electron chi connectivity index (χ4n) is 1.82. The molecule has 1 aromatic rings. The highest BCUT2D eigenvalue weighted by Crippen LogP contribution is 2.23. The lowest BCUT2D eigenvalue weighted by Crippen LogP contribution is -2.15. The van der Waals surface area contributed by atoms with Gasteiger partial charge in [-0.2, -0.15) is 0 Å². The Bertz CT molecular complexity index is 382. The number of hydrogen-bond acceptors (Lipinski definition) is 4. The van der Waals surface area contributed by atoms with Gasteiger partial charge in [-0.1, -0.05) is 13.8 Å². The van der Waals surface area contributed by atoms with Gasteiger partial charge in [-0.3, -0.25) is 4.79 Å². The average Bonchev–Trinajstić information content (AvgIpc) is 2.68. The van der Waals surface area contributed by atoms with Crippen LogP contribution in [0.3, 0.4) is 0 Å². The van der Waals surface area contributed by atoms with Crippen LogP contribution in [0.1, 0.15) is 33.1 Å². The summed E-state index contributed by atoms with van der Waals surface area (Å²) < 4.78 is 0.848. The molecule has 1 atom stereocenters. The Morgan fingerprint density at radius 1 is 1.56 bits per heavy atom. The Balaban J connectivity index is 2.31. The van der Waals surface area contributed by atoms with E-state index < -0.39 is 5.97 Å². The summed E-state index contributed by atoms with van der Waals surface area (Å²) in [6.07, 6.45) is 1.98. The van der Waals surface area contributed by atoms with E-state index in [4.69, 9.17) is 5.11 Å². The summed E-state index contributed by atoms with van der Waals surface area (Å²) >= 11 is 4.88. The summed E-state index contributed by atoms with van der Waals surface area (Å²) in [5, 5.41) is 14.8. The highest BCUT2D eigenvalue weighted by Gasteiger charge is 2.14. The number of nitrogens with one attached hydrogen (secondary N) is 1. The number of aliphatic carboxylic acids is 1. The number of carboxylic acids is 1. The van der Waals surface area contributed by atoms with E-state index in [1.807, 2.05) is 5.38 Å². The van der Waals surface area contributed by atoms with Crippen LogP contribution in [-0.2, 0) is 4.79 Å². The summed E-state index contributed by atoms with van der Waals surface area (Å²) in [7, 11) is 0. The molecule has 0 amide bonds. The Labute approximate surface area is 120 Å². The van der Waals surface area contributed by atoms with Gasteiger partial charge in [0.2, 0.25) is 0 Å². The molecule has 0 aliphatic heterocycles. The minimum absolute atomic E-state index is 0.256. The summed E-state index contributed by atoms with van der Waals surface area (Å²) in [5.74, 6) is 0.239. The van der Waals surface area contributed by atoms with E-state index >= 15 is 0 Å². The van der Waals surface area contributed by atoms with Crippen molar-refractivity contribution < 1.29 is 9.90 Å². The molecule has 0 bridgehead atoms. The normalized spacial score (nSPS) is 12.7. The van der Waals surface area contributed by atoms with Crippen LogP contribution in [0, 0.1) is 11.8 Å². The Morgan fingerprint density at radius 2 is 2.28 bits per heavy atom. The van der Waals surface area contributed by atoms with Gasteiger partial charge in [0.15, 0.2) is 5.13 Å². The lowest BCUT2D eigenvalue weighted by molar-refractivity contribution is -0.137. The van der Waals surface area contributed by atoms with Crippen molar-refractivity contribution in [3.05, 3.63) is 9.98 Å². The molecule has 18 heavy (non-hydrogen) atoms. The van der Waals surface area contributed by atoms with Crippen LogP contribution >= 0.6 is 27.3 Å². The zero-order chi connectivity index (χ0) is 13.5. The third-order valence-electron chi connectivity index (χ3n) is 2.94. The van der Waals surface area contributed by atoms with Gasteiger partial charge in [0.05, 0.1) is 0 Å². The number of anilines is 1. The van der Waals surface area contributed by atoms with Crippen molar-refractivity contribution >= 4 is 38.4 Å². The molecular weight excluding hydrogens is 316 g/mol. The summed E-state index contributed by atoms with van der Waals surface area (Å²) in [6, 6.07) is 0. The third kappa shape index (κ3) is 5.82. The van der Waals surface area contributed by atoms with Gasteiger partial charge >= 0.3 is 5.97 Å². The fraction of sp³-hybridized carbons (Fsp3) is 0.667. The number of rotatable bonds is 8. The molecule has 0 fully saturated rings. The zero-order valence-electron chi connectivity index (χ0n) is 10.6. The van der Waals surface area contributed by atoms with E-state index in [1.54, 1.807) is 11.3 Å². The molecule has 6 heteroatoms. The first-order valence-corrected chi connectivity index (χ1v) is 7.73. The summed E-state index contributed by atoms with van der Waals surface area (Å²) in [4.78, 5) is 14.9. The molecule has 0 saturated heterocycles. The van der Waals surface area contributed by atoms with E-state index in [-0.39, 0.29) is 6.42 Å². The van der Waals surface area contributed by atoms with E-state index in [2.05, 4.69) is 40.1 Å². The van der Waals surface area contributed by atoms with Crippen LogP contribution in [0.4, 0.5) is 5.13 Å². The average molecular weight is 335 g/mol. The lowest BCUT2D eigenvalue weighted by Gasteiger charge is -2.20. The van der Waals surface area contributed by atoms with Crippen molar-refractivity contribution in [2.75, 3.05) is 11.9 Å². The van der Waals surface area contributed by atoms with Crippen LogP contribution in [-0.4, -0.2) is 22.6 Å². The number of aromatic nitrogens is 1. The molecule has 0 saturated carbocycles. The van der Waals surface area contributed by atoms with Gasteiger partial charge in [-0.05, 0) is 40.6 Å². The molecule has 1 rings (SSSR count). The molecule has 2 N–H and O–H groups in total. The van der Waals surface area contributed by atoms with Crippen LogP contribution in [0.5, 0.6) is 0 Å². The first-order valence-electron chi connectivity index (χ1n) is 6.05. The van der Waals surface area contributed by atoms with Gasteiger partial charge in [0.25, 0.3) is 0 Å². The molecular formula is C12H19BrN2O2S. The number of carbonyl (C=O) groups is 1. The monoisotopic (exact) mass is 334 g/mol. The van der Waals surface area contributed by atoms with E-state index in [1.165, 1.54) is 0 Å². The minimum atomic E-state index is -0.711. The number of carboxylic acid groups (broad SMARTS) is 1. The Kier molecular flexibility index (Phi) is 6.63.